The maximum atomic E-state index is 13.6. The highest BCUT2D eigenvalue weighted by Gasteiger charge is 2.37. The van der Waals surface area contributed by atoms with Gasteiger partial charge in [0.1, 0.15) is 5.82 Å². The Bertz CT molecular complexity index is 705. The number of likely N-dealkylation sites (tertiary alicyclic amines) is 1. The number of carbonyl (C=O) groups is 2. The van der Waals surface area contributed by atoms with Crippen LogP contribution in [-0.2, 0) is 9.59 Å². The molecule has 4 rings (SSSR count). The van der Waals surface area contributed by atoms with Crippen molar-refractivity contribution in [2.45, 2.75) is 50.1 Å². The fraction of sp³-hybridized carbons (Fsp3) is 0.600. The van der Waals surface area contributed by atoms with Gasteiger partial charge in [-0.3, -0.25) is 20.4 Å². The molecule has 1 aromatic carbocycles. The summed E-state index contributed by atoms with van der Waals surface area (Å²) in [5, 5.41) is 2.87. The van der Waals surface area contributed by atoms with Crippen LogP contribution in [0.1, 0.15) is 43.6 Å². The lowest BCUT2D eigenvalue weighted by molar-refractivity contribution is -0.133. The smallest absolute Gasteiger partial charge is 0.224 e. The first-order valence-corrected chi connectivity index (χ1v) is 9.91. The maximum absolute atomic E-state index is 13.6. The second-order valence-electron chi connectivity index (χ2n) is 7.94. The number of carbonyl (C=O) groups excluding carboxylic acids is 2. The van der Waals surface area contributed by atoms with E-state index in [0.717, 1.165) is 44.5 Å². The maximum Gasteiger partial charge on any atom is 0.224 e. The van der Waals surface area contributed by atoms with E-state index in [9.17, 15) is 14.0 Å². The Balaban J connectivity index is 1.32. The predicted octanol–water partition coefficient (Wildman–Crippen LogP) is 1.29. The lowest BCUT2D eigenvalue weighted by Gasteiger charge is -2.37. The Morgan fingerprint density at radius 3 is 2.74 bits per heavy atom. The molecule has 3 atom stereocenters. The first-order chi connectivity index (χ1) is 13.1. The Kier molecular flexibility index (Phi) is 5.41. The predicted molar refractivity (Wildman–Crippen MR) is 99.2 cm³/mol. The molecule has 0 radical (unpaired) electrons. The normalized spacial score (nSPS) is 29.1. The number of nitrogens with one attached hydrogen (secondary N) is 3. The van der Waals surface area contributed by atoms with Gasteiger partial charge in [0.15, 0.2) is 0 Å². The van der Waals surface area contributed by atoms with Crippen molar-refractivity contribution in [2.24, 2.45) is 5.92 Å². The molecule has 146 valence electrons. The monoisotopic (exact) mass is 374 g/mol. The van der Waals surface area contributed by atoms with E-state index in [-0.39, 0.29) is 35.6 Å². The molecule has 3 N–H and O–H groups in total. The molecule has 7 heteroatoms. The van der Waals surface area contributed by atoms with Crippen molar-refractivity contribution in [3.8, 4) is 0 Å². The van der Waals surface area contributed by atoms with E-state index in [1.54, 1.807) is 12.1 Å². The highest BCUT2D eigenvalue weighted by Crippen LogP contribution is 2.32. The van der Waals surface area contributed by atoms with Gasteiger partial charge in [-0.1, -0.05) is 12.1 Å². The van der Waals surface area contributed by atoms with Crippen molar-refractivity contribution in [1.82, 2.24) is 21.1 Å². The summed E-state index contributed by atoms with van der Waals surface area (Å²) in [5.74, 6) is 0.678. The summed E-state index contributed by atoms with van der Waals surface area (Å²) in [6.07, 6.45) is 3.57. The SMILES string of the molecule is O=C1CCC(CC(=O)N2CCC(C3NNCC3c3cccc(F)c3)CC2)N1. The van der Waals surface area contributed by atoms with Crippen LogP contribution in [0.4, 0.5) is 4.39 Å². The lowest BCUT2D eigenvalue weighted by Crippen LogP contribution is -2.46. The Morgan fingerprint density at radius 1 is 1.22 bits per heavy atom. The molecule has 0 aromatic heterocycles. The van der Waals surface area contributed by atoms with E-state index in [4.69, 9.17) is 0 Å². The number of halogens is 1. The molecule has 3 fully saturated rings. The van der Waals surface area contributed by atoms with Gasteiger partial charge in [-0.2, -0.15) is 0 Å². The fourth-order valence-corrected chi connectivity index (χ4v) is 4.70. The van der Waals surface area contributed by atoms with Crippen LogP contribution in [0.5, 0.6) is 0 Å². The number of hydrazine groups is 1. The summed E-state index contributed by atoms with van der Waals surface area (Å²) in [4.78, 5) is 25.7. The van der Waals surface area contributed by atoms with Gasteiger partial charge in [0, 0.05) is 50.5 Å². The molecule has 27 heavy (non-hydrogen) atoms. The summed E-state index contributed by atoms with van der Waals surface area (Å²) >= 11 is 0. The molecule has 0 saturated carbocycles. The highest BCUT2D eigenvalue weighted by atomic mass is 19.1. The van der Waals surface area contributed by atoms with Crippen LogP contribution in [-0.4, -0.2) is 48.4 Å². The Morgan fingerprint density at radius 2 is 2.04 bits per heavy atom. The van der Waals surface area contributed by atoms with Crippen molar-refractivity contribution in [1.29, 1.82) is 0 Å². The van der Waals surface area contributed by atoms with E-state index in [2.05, 4.69) is 16.2 Å². The van der Waals surface area contributed by atoms with Crippen LogP contribution >= 0.6 is 0 Å². The molecule has 1 aromatic rings. The van der Waals surface area contributed by atoms with E-state index < -0.39 is 0 Å². The molecule has 3 heterocycles. The van der Waals surface area contributed by atoms with E-state index in [1.165, 1.54) is 6.07 Å². The zero-order valence-corrected chi connectivity index (χ0v) is 15.4. The molecular weight excluding hydrogens is 347 g/mol. The number of amides is 2. The van der Waals surface area contributed by atoms with Crippen LogP contribution in [0.2, 0.25) is 0 Å². The van der Waals surface area contributed by atoms with Crippen LogP contribution in [0, 0.1) is 11.7 Å². The summed E-state index contributed by atoms with van der Waals surface area (Å²) < 4.78 is 13.6. The quantitative estimate of drug-likeness (QED) is 0.743. The number of hydrogen-bond acceptors (Lipinski definition) is 4. The van der Waals surface area contributed by atoms with Crippen LogP contribution in [0.3, 0.4) is 0 Å². The van der Waals surface area contributed by atoms with Crippen LogP contribution in [0.15, 0.2) is 24.3 Å². The second kappa shape index (κ2) is 7.94. The summed E-state index contributed by atoms with van der Waals surface area (Å²) in [5.41, 5.74) is 7.63. The zero-order chi connectivity index (χ0) is 18.8. The third kappa shape index (κ3) is 4.14. The number of benzene rings is 1. The van der Waals surface area contributed by atoms with Crippen molar-refractivity contribution < 1.29 is 14.0 Å². The summed E-state index contributed by atoms with van der Waals surface area (Å²) in [7, 11) is 0. The van der Waals surface area contributed by atoms with E-state index >= 15 is 0 Å². The molecule has 6 nitrogen and oxygen atoms in total. The average Bonchev–Trinajstić information content (AvgIpc) is 3.31. The zero-order valence-electron chi connectivity index (χ0n) is 15.4. The minimum Gasteiger partial charge on any atom is -0.353 e. The Labute approximate surface area is 158 Å². The average molecular weight is 374 g/mol. The number of piperidine rings is 1. The first kappa shape index (κ1) is 18.4. The van der Waals surface area contributed by atoms with Gasteiger partial charge in [-0.15, -0.1) is 0 Å². The third-order valence-corrected chi connectivity index (χ3v) is 6.21. The molecular formula is C20H27FN4O2. The number of nitrogens with zero attached hydrogens (tertiary/aromatic N) is 1. The molecule has 0 spiro atoms. The molecule has 3 aliphatic rings. The fourth-order valence-electron chi connectivity index (χ4n) is 4.70. The standard InChI is InChI=1S/C20H27FN4O2/c21-15-3-1-2-14(10-15)17-12-22-24-20(17)13-6-8-25(9-7-13)19(27)11-16-4-5-18(26)23-16/h1-3,10,13,16-17,20,22,24H,4-9,11-12H2,(H,23,26). The van der Waals surface area contributed by atoms with Gasteiger partial charge < -0.3 is 10.2 Å². The van der Waals surface area contributed by atoms with Gasteiger partial charge >= 0.3 is 0 Å². The molecule has 3 saturated heterocycles. The van der Waals surface area contributed by atoms with Crippen LogP contribution in [0.25, 0.3) is 0 Å². The molecule has 0 bridgehead atoms. The molecule has 3 aliphatic heterocycles. The van der Waals surface area contributed by atoms with Crippen molar-refractivity contribution in [3.05, 3.63) is 35.6 Å². The lowest BCUT2D eigenvalue weighted by atomic mass is 9.80. The molecule has 2 amide bonds. The van der Waals surface area contributed by atoms with Gasteiger partial charge in [0.2, 0.25) is 11.8 Å². The van der Waals surface area contributed by atoms with Crippen LogP contribution < -0.4 is 16.2 Å². The van der Waals surface area contributed by atoms with E-state index in [1.807, 2.05) is 11.0 Å². The minimum atomic E-state index is -0.197. The topological polar surface area (TPSA) is 73.5 Å². The second-order valence-corrected chi connectivity index (χ2v) is 7.94. The van der Waals surface area contributed by atoms with Crippen molar-refractivity contribution in [2.75, 3.05) is 19.6 Å². The molecule has 0 aliphatic carbocycles. The number of rotatable bonds is 4. The van der Waals surface area contributed by atoms with Crippen molar-refractivity contribution in [3.63, 3.8) is 0 Å². The summed E-state index contributed by atoms with van der Waals surface area (Å²) in [6, 6.07) is 7.11. The molecule has 3 unspecified atom stereocenters. The van der Waals surface area contributed by atoms with Crippen molar-refractivity contribution >= 4 is 11.8 Å². The van der Waals surface area contributed by atoms with Gasteiger partial charge in [0.25, 0.3) is 0 Å². The summed E-state index contributed by atoms with van der Waals surface area (Å²) in [6.45, 7) is 2.28. The number of hydrogen-bond donors (Lipinski definition) is 3. The highest BCUT2D eigenvalue weighted by molar-refractivity contribution is 5.82. The van der Waals surface area contributed by atoms with Gasteiger partial charge in [0.05, 0.1) is 0 Å². The Hall–Kier alpha value is -1.99. The van der Waals surface area contributed by atoms with E-state index in [0.29, 0.717) is 18.8 Å². The first-order valence-electron chi connectivity index (χ1n) is 9.91. The largest absolute Gasteiger partial charge is 0.353 e. The minimum absolute atomic E-state index is 0.000722. The van der Waals surface area contributed by atoms with Gasteiger partial charge in [-0.25, -0.2) is 4.39 Å². The third-order valence-electron chi connectivity index (χ3n) is 6.21. The van der Waals surface area contributed by atoms with Gasteiger partial charge in [-0.05, 0) is 42.9 Å².